The molecule has 34 heavy (non-hydrogen) atoms. The van der Waals surface area contributed by atoms with E-state index in [2.05, 4.69) is 4.98 Å². The predicted octanol–water partition coefficient (Wildman–Crippen LogP) is 5.42. The minimum absolute atomic E-state index is 0.118. The fourth-order valence-electron chi connectivity index (χ4n) is 4.07. The van der Waals surface area contributed by atoms with Crippen molar-refractivity contribution in [3.63, 3.8) is 0 Å². The fraction of sp³-hybridized carbons (Fsp3) is 0.214. The van der Waals surface area contributed by atoms with Crippen molar-refractivity contribution in [2.45, 2.75) is 20.1 Å². The van der Waals surface area contributed by atoms with Gasteiger partial charge in [0.25, 0.3) is 5.91 Å². The van der Waals surface area contributed by atoms with E-state index in [-0.39, 0.29) is 17.1 Å². The van der Waals surface area contributed by atoms with Crippen LogP contribution in [0.2, 0.25) is 0 Å². The van der Waals surface area contributed by atoms with Gasteiger partial charge >= 0.3 is 0 Å². The highest BCUT2D eigenvalue weighted by molar-refractivity contribution is 6.02. The van der Waals surface area contributed by atoms with E-state index in [4.69, 9.17) is 9.47 Å². The minimum Gasteiger partial charge on any atom is -0.359 e. The standard InChI is InChI=1S/C28H26N2O4/c1-28(2)17-33-27(34-18-28)25(31)21-15-22(29-16-21)24-14-13-23(19-9-5-3-6-10-19)30(24)26(32)20-11-7-4-8-12-20/h3-16,27,29H,17-18H2,1-2H3. The van der Waals surface area contributed by atoms with Gasteiger partial charge in [-0.15, -0.1) is 0 Å². The monoisotopic (exact) mass is 454 g/mol. The maximum Gasteiger partial charge on any atom is 0.262 e. The maximum atomic E-state index is 13.6. The molecule has 3 heterocycles. The van der Waals surface area contributed by atoms with Crippen molar-refractivity contribution in [3.05, 3.63) is 96.2 Å². The van der Waals surface area contributed by atoms with Gasteiger partial charge in [-0.1, -0.05) is 62.4 Å². The maximum absolute atomic E-state index is 13.6. The highest BCUT2D eigenvalue weighted by atomic mass is 16.7. The first kappa shape index (κ1) is 22.1. The van der Waals surface area contributed by atoms with Gasteiger partial charge in [-0.05, 0) is 35.9 Å². The van der Waals surface area contributed by atoms with Crippen molar-refractivity contribution in [1.82, 2.24) is 9.55 Å². The van der Waals surface area contributed by atoms with E-state index in [1.807, 2.05) is 74.5 Å². The Kier molecular flexibility index (Phi) is 5.77. The third-order valence-corrected chi connectivity index (χ3v) is 5.88. The molecular formula is C28H26N2O4. The van der Waals surface area contributed by atoms with Crippen LogP contribution in [0, 0.1) is 5.41 Å². The number of hydrogen-bond donors (Lipinski definition) is 1. The lowest BCUT2D eigenvalue weighted by atomic mass is 9.95. The molecule has 0 atom stereocenters. The Balaban J connectivity index is 1.51. The van der Waals surface area contributed by atoms with E-state index in [1.165, 1.54) is 0 Å². The van der Waals surface area contributed by atoms with E-state index in [0.29, 0.717) is 35.7 Å². The van der Waals surface area contributed by atoms with Crippen LogP contribution in [0.5, 0.6) is 0 Å². The zero-order valence-corrected chi connectivity index (χ0v) is 19.2. The van der Waals surface area contributed by atoms with Crippen LogP contribution in [-0.2, 0) is 9.47 Å². The molecule has 0 aliphatic carbocycles. The van der Waals surface area contributed by atoms with Gasteiger partial charge in [0.1, 0.15) is 0 Å². The smallest absolute Gasteiger partial charge is 0.262 e. The molecule has 4 aromatic rings. The molecule has 1 aliphatic rings. The Hall–Kier alpha value is -3.74. The van der Waals surface area contributed by atoms with Crippen molar-refractivity contribution >= 4 is 11.7 Å². The van der Waals surface area contributed by atoms with Crippen molar-refractivity contribution in [2.24, 2.45) is 5.41 Å². The number of nitrogens with one attached hydrogen (secondary N) is 1. The average Bonchev–Trinajstić information content (AvgIpc) is 3.52. The summed E-state index contributed by atoms with van der Waals surface area (Å²) in [4.78, 5) is 29.7. The topological polar surface area (TPSA) is 73.3 Å². The summed E-state index contributed by atoms with van der Waals surface area (Å²) >= 11 is 0. The Morgan fingerprint density at radius 3 is 2.15 bits per heavy atom. The van der Waals surface area contributed by atoms with Crippen molar-refractivity contribution in [2.75, 3.05) is 13.2 Å². The van der Waals surface area contributed by atoms with Crippen molar-refractivity contribution in [3.8, 4) is 22.6 Å². The van der Waals surface area contributed by atoms with Gasteiger partial charge in [-0.2, -0.15) is 0 Å². The molecule has 6 heteroatoms. The number of Topliss-reactive ketones (excluding diaryl/α,β-unsaturated/α-hetero) is 1. The van der Waals surface area contributed by atoms with Crippen LogP contribution in [0.3, 0.4) is 0 Å². The molecule has 1 fully saturated rings. The molecule has 1 aliphatic heterocycles. The Morgan fingerprint density at radius 1 is 0.853 bits per heavy atom. The van der Waals surface area contributed by atoms with E-state index < -0.39 is 6.29 Å². The Labute approximate surface area is 198 Å². The second-order valence-corrected chi connectivity index (χ2v) is 9.26. The predicted molar refractivity (Wildman–Crippen MR) is 130 cm³/mol. The summed E-state index contributed by atoms with van der Waals surface area (Å²) in [5.74, 6) is -0.392. The summed E-state index contributed by atoms with van der Waals surface area (Å²) in [7, 11) is 0. The third kappa shape index (κ3) is 4.25. The first-order valence-corrected chi connectivity index (χ1v) is 11.3. The number of carbonyl (C=O) groups is 2. The molecule has 5 rings (SSSR count). The number of ketones is 1. The number of nitrogens with zero attached hydrogens (tertiary/aromatic N) is 1. The number of hydrogen-bond acceptors (Lipinski definition) is 4. The van der Waals surface area contributed by atoms with Gasteiger partial charge in [0.05, 0.1) is 30.3 Å². The molecule has 172 valence electrons. The van der Waals surface area contributed by atoms with Gasteiger partial charge < -0.3 is 14.5 Å². The van der Waals surface area contributed by atoms with Crippen LogP contribution < -0.4 is 0 Å². The number of carbonyl (C=O) groups excluding carboxylic acids is 2. The summed E-state index contributed by atoms with van der Waals surface area (Å²) in [5, 5.41) is 0. The molecule has 1 N–H and O–H groups in total. The van der Waals surface area contributed by atoms with Crippen LogP contribution in [0.25, 0.3) is 22.6 Å². The lowest BCUT2D eigenvalue weighted by Crippen LogP contribution is -2.41. The summed E-state index contributed by atoms with van der Waals surface area (Å²) < 4.78 is 13.0. The number of aromatic amines is 1. The lowest BCUT2D eigenvalue weighted by molar-refractivity contribution is -0.196. The van der Waals surface area contributed by atoms with Crippen molar-refractivity contribution in [1.29, 1.82) is 0 Å². The van der Waals surface area contributed by atoms with E-state index in [9.17, 15) is 9.59 Å². The van der Waals surface area contributed by atoms with Crippen LogP contribution >= 0.6 is 0 Å². The van der Waals surface area contributed by atoms with Gasteiger partial charge in [0, 0.05) is 22.7 Å². The number of benzene rings is 2. The molecule has 0 bridgehead atoms. The summed E-state index contributed by atoms with van der Waals surface area (Å²) in [6.45, 7) is 4.97. The van der Waals surface area contributed by atoms with Gasteiger partial charge in [0.2, 0.25) is 12.1 Å². The van der Waals surface area contributed by atoms with Gasteiger partial charge in [-0.25, -0.2) is 0 Å². The lowest BCUT2D eigenvalue weighted by Gasteiger charge is -2.33. The summed E-state index contributed by atoms with van der Waals surface area (Å²) in [6, 6.07) is 24.5. The minimum atomic E-state index is -0.922. The number of aromatic nitrogens is 2. The highest BCUT2D eigenvalue weighted by Crippen LogP contribution is 2.31. The second-order valence-electron chi connectivity index (χ2n) is 9.26. The molecule has 0 radical (unpaired) electrons. The van der Waals surface area contributed by atoms with Crippen LogP contribution in [0.1, 0.15) is 34.6 Å². The highest BCUT2D eigenvalue weighted by Gasteiger charge is 2.33. The van der Waals surface area contributed by atoms with Crippen molar-refractivity contribution < 1.29 is 19.1 Å². The number of rotatable bonds is 5. The number of ether oxygens (including phenoxy) is 2. The van der Waals surface area contributed by atoms with Crippen LogP contribution in [0.15, 0.2) is 85.1 Å². The molecule has 0 unspecified atom stereocenters. The zero-order valence-electron chi connectivity index (χ0n) is 19.2. The molecule has 2 aromatic heterocycles. The average molecular weight is 455 g/mol. The summed E-state index contributed by atoms with van der Waals surface area (Å²) in [5.41, 5.74) is 3.92. The molecular weight excluding hydrogens is 428 g/mol. The SMILES string of the molecule is CC1(C)COC(C(=O)c2c[nH]c(-c3ccc(-c4ccccc4)n3C(=O)c3ccccc3)c2)OC1. The largest absolute Gasteiger partial charge is 0.359 e. The van der Waals surface area contributed by atoms with E-state index in [0.717, 1.165) is 11.3 Å². The van der Waals surface area contributed by atoms with E-state index >= 15 is 0 Å². The second kappa shape index (κ2) is 8.89. The summed E-state index contributed by atoms with van der Waals surface area (Å²) in [6.07, 6.45) is 0.714. The quantitative estimate of drug-likeness (QED) is 0.409. The first-order chi connectivity index (χ1) is 16.4. The van der Waals surface area contributed by atoms with Gasteiger partial charge in [0.15, 0.2) is 0 Å². The third-order valence-electron chi connectivity index (χ3n) is 5.88. The molecule has 2 aromatic carbocycles. The van der Waals surface area contributed by atoms with E-state index in [1.54, 1.807) is 29.0 Å². The van der Waals surface area contributed by atoms with Gasteiger partial charge in [-0.3, -0.25) is 14.2 Å². The Morgan fingerprint density at radius 2 is 1.47 bits per heavy atom. The molecule has 0 amide bonds. The normalized spacial score (nSPS) is 15.8. The Bertz CT molecular complexity index is 1310. The zero-order chi connectivity index (χ0) is 23.7. The first-order valence-electron chi connectivity index (χ1n) is 11.3. The van der Waals surface area contributed by atoms with Crippen LogP contribution in [-0.4, -0.2) is 40.7 Å². The fourth-order valence-corrected chi connectivity index (χ4v) is 4.07. The molecule has 6 nitrogen and oxygen atoms in total. The molecule has 0 saturated carbocycles. The molecule has 1 saturated heterocycles. The molecule has 0 spiro atoms. The van der Waals surface area contributed by atoms with Crippen LogP contribution in [0.4, 0.5) is 0 Å². The number of H-pyrrole nitrogens is 1.